The van der Waals surface area contributed by atoms with Crippen LogP contribution in [0.3, 0.4) is 0 Å². The van der Waals surface area contributed by atoms with Crippen LogP contribution in [-0.2, 0) is 26.0 Å². The molecule has 0 unspecified atom stereocenters. The molecule has 0 aliphatic carbocycles. The van der Waals surface area contributed by atoms with E-state index in [0.29, 0.717) is 12.5 Å². The molecule has 2 rings (SSSR count). The van der Waals surface area contributed by atoms with Crippen molar-refractivity contribution in [2.75, 3.05) is 0 Å². The monoisotopic (exact) mass is 342 g/mol. The molecule has 0 aliphatic heterocycles. The third-order valence-electron chi connectivity index (χ3n) is 2.93. The summed E-state index contributed by atoms with van der Waals surface area (Å²) in [5.74, 6) is 1.32. The lowest BCUT2D eigenvalue weighted by atomic mass is 10.2. The molecule has 1 aromatic heterocycles. The summed E-state index contributed by atoms with van der Waals surface area (Å²) in [7, 11) is 1.93. The van der Waals surface area contributed by atoms with Gasteiger partial charge in [0.05, 0.1) is 15.9 Å². The molecule has 5 heteroatoms. The van der Waals surface area contributed by atoms with Crippen LogP contribution < -0.4 is 4.74 Å². The first kappa shape index (κ1) is 14.4. The fourth-order valence-electron chi connectivity index (χ4n) is 1.85. The minimum Gasteiger partial charge on any atom is -0.487 e. The Bertz CT molecular complexity index is 569. The average molecular weight is 344 g/mol. The number of aromatic nitrogens is 2. The number of alkyl halides is 1. The zero-order valence-corrected chi connectivity index (χ0v) is 13.3. The zero-order chi connectivity index (χ0) is 13.8. The van der Waals surface area contributed by atoms with E-state index < -0.39 is 0 Å². The van der Waals surface area contributed by atoms with Gasteiger partial charge >= 0.3 is 0 Å². The van der Waals surface area contributed by atoms with Crippen molar-refractivity contribution in [1.29, 1.82) is 0 Å². The maximum Gasteiger partial charge on any atom is 0.131 e. The van der Waals surface area contributed by atoms with Crippen LogP contribution in [0.15, 0.2) is 28.7 Å². The van der Waals surface area contributed by atoms with Crippen molar-refractivity contribution in [1.82, 2.24) is 9.78 Å². The van der Waals surface area contributed by atoms with Crippen LogP contribution in [0.2, 0.25) is 0 Å². The van der Waals surface area contributed by atoms with Crippen molar-refractivity contribution >= 4 is 27.5 Å². The third-order valence-corrected chi connectivity index (χ3v) is 4.16. The van der Waals surface area contributed by atoms with E-state index in [1.165, 1.54) is 0 Å². The van der Waals surface area contributed by atoms with E-state index in [1.807, 2.05) is 36.0 Å². The van der Waals surface area contributed by atoms with Crippen molar-refractivity contribution in [3.05, 3.63) is 45.7 Å². The predicted octanol–water partition coefficient (Wildman–Crippen LogP) is 4.06. The summed E-state index contributed by atoms with van der Waals surface area (Å²) in [6.07, 6.45) is 0.899. The van der Waals surface area contributed by atoms with Crippen LogP contribution in [0.25, 0.3) is 0 Å². The van der Waals surface area contributed by atoms with Gasteiger partial charge in [-0.15, -0.1) is 11.6 Å². The molecule has 0 fully saturated rings. The Morgan fingerprint density at radius 2 is 2.21 bits per heavy atom. The molecule has 0 amide bonds. The van der Waals surface area contributed by atoms with E-state index in [0.717, 1.165) is 33.6 Å². The summed E-state index contributed by atoms with van der Waals surface area (Å²) in [6.45, 7) is 2.57. The van der Waals surface area contributed by atoms with E-state index in [1.54, 1.807) is 0 Å². The molecule has 0 spiro atoms. The van der Waals surface area contributed by atoms with Crippen LogP contribution in [0.1, 0.15) is 23.9 Å². The smallest absolute Gasteiger partial charge is 0.131 e. The molecule has 3 nitrogen and oxygen atoms in total. The molecule has 19 heavy (non-hydrogen) atoms. The van der Waals surface area contributed by atoms with E-state index in [9.17, 15) is 0 Å². The number of hydrogen-bond acceptors (Lipinski definition) is 2. The Hall–Kier alpha value is -1.000. The van der Waals surface area contributed by atoms with Crippen molar-refractivity contribution in [3.63, 3.8) is 0 Å². The highest BCUT2D eigenvalue weighted by Gasteiger charge is 2.12. The lowest BCUT2D eigenvalue weighted by Gasteiger charge is -2.08. The number of ether oxygens (including phenoxy) is 1. The normalized spacial score (nSPS) is 10.7. The molecule has 0 N–H and O–H groups in total. The Labute approximate surface area is 126 Å². The molecule has 0 saturated heterocycles. The number of halogens is 2. The molecule has 2 aromatic rings. The first-order valence-corrected chi connectivity index (χ1v) is 7.46. The second-order valence-electron chi connectivity index (χ2n) is 4.25. The Morgan fingerprint density at radius 1 is 1.42 bits per heavy atom. The number of hydrogen-bond donors (Lipinski definition) is 0. The number of rotatable bonds is 5. The van der Waals surface area contributed by atoms with Crippen LogP contribution in [0, 0.1) is 0 Å². The Balaban J connectivity index is 2.12. The molecule has 0 aliphatic rings. The van der Waals surface area contributed by atoms with Gasteiger partial charge in [0.15, 0.2) is 0 Å². The summed E-state index contributed by atoms with van der Waals surface area (Å²) < 4.78 is 8.69. The molecular formula is C14H16BrClN2O. The second kappa shape index (κ2) is 6.44. The SMILES string of the molecule is CCc1nn(C)c(COc2cccc(CCl)c2)c1Br. The summed E-state index contributed by atoms with van der Waals surface area (Å²) in [4.78, 5) is 0. The highest BCUT2D eigenvalue weighted by Crippen LogP contribution is 2.23. The first-order chi connectivity index (χ1) is 9.15. The van der Waals surface area contributed by atoms with Gasteiger partial charge in [-0.3, -0.25) is 4.68 Å². The van der Waals surface area contributed by atoms with Crippen molar-refractivity contribution < 1.29 is 4.74 Å². The van der Waals surface area contributed by atoms with Gasteiger partial charge in [0, 0.05) is 12.9 Å². The molecule has 1 heterocycles. The molecule has 0 bridgehead atoms. The Kier molecular flexibility index (Phi) is 4.88. The minimum atomic E-state index is 0.482. The molecule has 0 saturated carbocycles. The average Bonchev–Trinajstić information content (AvgIpc) is 2.71. The maximum absolute atomic E-state index is 5.81. The van der Waals surface area contributed by atoms with Crippen LogP contribution in [-0.4, -0.2) is 9.78 Å². The summed E-state index contributed by atoms with van der Waals surface area (Å²) in [6, 6.07) is 7.82. The largest absolute Gasteiger partial charge is 0.487 e. The minimum absolute atomic E-state index is 0.482. The van der Waals surface area contributed by atoms with E-state index in [-0.39, 0.29) is 0 Å². The van der Waals surface area contributed by atoms with E-state index >= 15 is 0 Å². The Morgan fingerprint density at radius 3 is 2.84 bits per heavy atom. The maximum atomic E-state index is 5.81. The van der Waals surface area contributed by atoms with E-state index in [4.69, 9.17) is 16.3 Å². The molecule has 102 valence electrons. The fraction of sp³-hybridized carbons (Fsp3) is 0.357. The zero-order valence-electron chi connectivity index (χ0n) is 11.0. The fourth-order valence-corrected chi connectivity index (χ4v) is 2.74. The number of nitrogens with zero attached hydrogens (tertiary/aromatic N) is 2. The first-order valence-electron chi connectivity index (χ1n) is 6.13. The number of aryl methyl sites for hydroxylation is 2. The van der Waals surface area contributed by atoms with E-state index in [2.05, 4.69) is 28.0 Å². The molecular weight excluding hydrogens is 328 g/mol. The lowest BCUT2D eigenvalue weighted by molar-refractivity contribution is 0.294. The van der Waals surface area contributed by atoms with Crippen molar-refractivity contribution in [2.45, 2.75) is 25.8 Å². The third kappa shape index (κ3) is 3.31. The van der Waals surface area contributed by atoms with Crippen LogP contribution in [0.4, 0.5) is 0 Å². The molecule has 0 atom stereocenters. The van der Waals surface area contributed by atoms with Gasteiger partial charge in [-0.25, -0.2) is 0 Å². The standard InChI is InChI=1S/C14H16BrClN2O/c1-3-12-14(15)13(18(2)17-12)9-19-11-6-4-5-10(7-11)8-16/h4-7H,3,8-9H2,1-2H3. The second-order valence-corrected chi connectivity index (χ2v) is 5.31. The van der Waals surface area contributed by atoms with Gasteiger partial charge in [0.25, 0.3) is 0 Å². The molecule has 0 radical (unpaired) electrons. The molecule has 1 aromatic carbocycles. The lowest BCUT2D eigenvalue weighted by Crippen LogP contribution is -2.03. The summed E-state index contributed by atoms with van der Waals surface area (Å²) in [5, 5.41) is 4.44. The van der Waals surface area contributed by atoms with Gasteiger partial charge in [-0.2, -0.15) is 5.10 Å². The summed E-state index contributed by atoms with van der Waals surface area (Å²) >= 11 is 9.39. The quantitative estimate of drug-likeness (QED) is 0.765. The predicted molar refractivity (Wildman–Crippen MR) is 80.6 cm³/mol. The number of benzene rings is 1. The highest BCUT2D eigenvalue weighted by molar-refractivity contribution is 9.10. The van der Waals surface area contributed by atoms with Crippen molar-refractivity contribution in [2.24, 2.45) is 7.05 Å². The van der Waals surface area contributed by atoms with Gasteiger partial charge in [0.1, 0.15) is 12.4 Å². The van der Waals surface area contributed by atoms with Gasteiger partial charge < -0.3 is 4.74 Å². The topological polar surface area (TPSA) is 27.1 Å². The summed E-state index contributed by atoms with van der Waals surface area (Å²) in [5.41, 5.74) is 3.14. The van der Waals surface area contributed by atoms with Gasteiger partial charge in [-0.05, 0) is 40.0 Å². The van der Waals surface area contributed by atoms with Crippen LogP contribution in [0.5, 0.6) is 5.75 Å². The van der Waals surface area contributed by atoms with Crippen LogP contribution >= 0.6 is 27.5 Å². The highest BCUT2D eigenvalue weighted by atomic mass is 79.9. The van der Waals surface area contributed by atoms with Gasteiger partial charge in [-0.1, -0.05) is 19.1 Å². The van der Waals surface area contributed by atoms with Gasteiger partial charge in [0.2, 0.25) is 0 Å². The van der Waals surface area contributed by atoms with Crippen molar-refractivity contribution in [3.8, 4) is 5.75 Å².